The molecule has 3 rings (SSSR count). The van der Waals surface area contributed by atoms with E-state index in [4.69, 9.17) is 11.6 Å². The fourth-order valence-corrected chi connectivity index (χ4v) is 2.12. The molecule has 0 saturated heterocycles. The van der Waals surface area contributed by atoms with Crippen LogP contribution in [-0.4, -0.2) is 4.57 Å². The van der Waals surface area contributed by atoms with Crippen LogP contribution in [0, 0.1) is 0 Å². The zero-order valence-electron chi connectivity index (χ0n) is 9.75. The second-order valence-corrected chi connectivity index (χ2v) is 4.58. The third kappa shape index (κ3) is 2.18. The van der Waals surface area contributed by atoms with Gasteiger partial charge in [-0.2, -0.15) is 0 Å². The van der Waals surface area contributed by atoms with E-state index in [-0.39, 0.29) is 0 Å². The smallest absolute Gasteiger partial charge is 0.0455 e. The minimum atomic E-state index is 0.764. The number of halogens is 1. The highest BCUT2D eigenvalue weighted by Gasteiger charge is 2.00. The second-order valence-electron chi connectivity index (χ2n) is 4.15. The van der Waals surface area contributed by atoms with Crippen LogP contribution in [0.25, 0.3) is 16.8 Å². The third-order valence-electron chi connectivity index (χ3n) is 2.93. The molecular weight excluding hydrogens is 242 g/mol. The quantitative estimate of drug-likeness (QED) is 0.618. The Morgan fingerprint density at radius 1 is 0.722 bits per heavy atom. The van der Waals surface area contributed by atoms with E-state index in [0.717, 1.165) is 10.7 Å². The first kappa shape index (κ1) is 11.1. The molecule has 0 atom stereocenters. The first-order valence-electron chi connectivity index (χ1n) is 5.82. The molecule has 0 fully saturated rings. The zero-order valence-corrected chi connectivity index (χ0v) is 10.5. The van der Waals surface area contributed by atoms with Crippen molar-refractivity contribution in [1.82, 2.24) is 4.57 Å². The number of hydrogen-bond acceptors (Lipinski definition) is 0. The Morgan fingerprint density at radius 2 is 1.44 bits per heavy atom. The van der Waals surface area contributed by atoms with Gasteiger partial charge in [0.25, 0.3) is 0 Å². The summed E-state index contributed by atoms with van der Waals surface area (Å²) in [5.41, 5.74) is 3.53. The third-order valence-corrected chi connectivity index (χ3v) is 3.18. The van der Waals surface area contributed by atoms with Crippen LogP contribution in [0.2, 0.25) is 5.02 Å². The number of aromatic nitrogens is 1. The summed E-state index contributed by atoms with van der Waals surface area (Å²) in [5.74, 6) is 0. The van der Waals surface area contributed by atoms with Crippen molar-refractivity contribution in [3.8, 4) is 16.8 Å². The van der Waals surface area contributed by atoms with Crippen LogP contribution in [0.3, 0.4) is 0 Å². The summed E-state index contributed by atoms with van der Waals surface area (Å²) in [7, 11) is 0. The Labute approximate surface area is 111 Å². The monoisotopic (exact) mass is 253 g/mol. The summed E-state index contributed by atoms with van der Waals surface area (Å²) in [5, 5.41) is 0.764. The largest absolute Gasteiger partial charge is 0.324 e. The van der Waals surface area contributed by atoms with Gasteiger partial charge in [0.1, 0.15) is 0 Å². The van der Waals surface area contributed by atoms with E-state index in [1.165, 1.54) is 11.1 Å². The Morgan fingerprint density at radius 3 is 2.17 bits per heavy atom. The van der Waals surface area contributed by atoms with Crippen molar-refractivity contribution in [3.63, 3.8) is 0 Å². The first-order chi connectivity index (χ1) is 8.83. The molecule has 1 nitrogen and oxygen atoms in total. The predicted molar refractivity (Wildman–Crippen MR) is 76.2 cm³/mol. The van der Waals surface area contributed by atoms with Gasteiger partial charge in [0, 0.05) is 23.1 Å². The predicted octanol–water partition coefficient (Wildman–Crippen LogP) is 4.80. The van der Waals surface area contributed by atoms with E-state index in [0.29, 0.717) is 0 Å². The van der Waals surface area contributed by atoms with Crippen molar-refractivity contribution in [2.45, 2.75) is 0 Å². The highest BCUT2D eigenvalue weighted by Crippen LogP contribution is 2.23. The van der Waals surface area contributed by atoms with Gasteiger partial charge >= 0.3 is 0 Å². The standard InChI is InChI=1S/C16H12ClN/c17-15-8-6-13(7-9-15)14-4-3-5-16(12-14)18-10-1-2-11-18/h1-12H. The molecule has 0 unspecified atom stereocenters. The Balaban J connectivity index is 2.03. The van der Waals surface area contributed by atoms with Crippen LogP contribution >= 0.6 is 11.6 Å². The van der Waals surface area contributed by atoms with Gasteiger partial charge in [-0.05, 0) is 47.5 Å². The summed E-state index contributed by atoms with van der Waals surface area (Å²) in [6.07, 6.45) is 4.09. The maximum Gasteiger partial charge on any atom is 0.0455 e. The minimum absolute atomic E-state index is 0.764. The Hall–Kier alpha value is -1.99. The molecule has 18 heavy (non-hydrogen) atoms. The van der Waals surface area contributed by atoms with E-state index in [2.05, 4.69) is 28.8 Å². The molecule has 1 aromatic heterocycles. The van der Waals surface area contributed by atoms with Crippen molar-refractivity contribution < 1.29 is 0 Å². The van der Waals surface area contributed by atoms with Crippen molar-refractivity contribution in [1.29, 1.82) is 0 Å². The topological polar surface area (TPSA) is 4.93 Å². The number of benzene rings is 2. The van der Waals surface area contributed by atoms with Gasteiger partial charge in [-0.15, -0.1) is 0 Å². The Bertz CT molecular complexity index is 639. The fourth-order valence-electron chi connectivity index (χ4n) is 2.00. The normalized spacial score (nSPS) is 10.5. The van der Waals surface area contributed by atoms with Gasteiger partial charge in [-0.25, -0.2) is 0 Å². The van der Waals surface area contributed by atoms with Crippen molar-refractivity contribution in [3.05, 3.63) is 78.1 Å². The molecule has 0 radical (unpaired) electrons. The molecule has 0 aliphatic rings. The molecule has 0 bridgehead atoms. The van der Waals surface area contributed by atoms with Crippen molar-refractivity contribution in [2.24, 2.45) is 0 Å². The van der Waals surface area contributed by atoms with E-state index in [1.54, 1.807) is 0 Å². The average Bonchev–Trinajstić information content (AvgIpc) is 2.94. The molecular formula is C16H12ClN. The van der Waals surface area contributed by atoms with Crippen LogP contribution in [0.1, 0.15) is 0 Å². The lowest BCUT2D eigenvalue weighted by Crippen LogP contribution is -1.89. The van der Waals surface area contributed by atoms with E-state index < -0.39 is 0 Å². The highest BCUT2D eigenvalue weighted by molar-refractivity contribution is 6.30. The van der Waals surface area contributed by atoms with E-state index in [1.807, 2.05) is 48.8 Å². The lowest BCUT2D eigenvalue weighted by Gasteiger charge is -2.06. The lowest BCUT2D eigenvalue weighted by molar-refractivity contribution is 1.08. The first-order valence-corrected chi connectivity index (χ1v) is 6.20. The summed E-state index contributed by atoms with van der Waals surface area (Å²) in [6, 6.07) is 20.4. The molecule has 0 aliphatic carbocycles. The minimum Gasteiger partial charge on any atom is -0.324 e. The van der Waals surface area contributed by atoms with Gasteiger partial charge in [-0.1, -0.05) is 35.9 Å². The molecule has 2 heteroatoms. The SMILES string of the molecule is Clc1ccc(-c2cccc(-n3cccc3)c2)cc1. The summed E-state index contributed by atoms with van der Waals surface area (Å²) in [4.78, 5) is 0. The molecule has 0 saturated carbocycles. The molecule has 1 heterocycles. The second kappa shape index (κ2) is 4.71. The average molecular weight is 254 g/mol. The van der Waals surface area contributed by atoms with Gasteiger partial charge in [-0.3, -0.25) is 0 Å². The zero-order chi connectivity index (χ0) is 12.4. The van der Waals surface area contributed by atoms with Crippen molar-refractivity contribution >= 4 is 11.6 Å². The fraction of sp³-hybridized carbons (Fsp3) is 0. The number of hydrogen-bond donors (Lipinski definition) is 0. The molecule has 0 spiro atoms. The Kier molecular flexibility index (Phi) is 2.91. The summed E-state index contributed by atoms with van der Waals surface area (Å²) in [6.45, 7) is 0. The van der Waals surface area contributed by atoms with Gasteiger partial charge in [0.2, 0.25) is 0 Å². The molecule has 88 valence electrons. The van der Waals surface area contributed by atoms with Crippen LogP contribution in [0.5, 0.6) is 0 Å². The summed E-state index contributed by atoms with van der Waals surface area (Å²) >= 11 is 5.91. The van der Waals surface area contributed by atoms with Gasteiger partial charge in [0.15, 0.2) is 0 Å². The maximum atomic E-state index is 5.91. The van der Waals surface area contributed by atoms with Crippen molar-refractivity contribution in [2.75, 3.05) is 0 Å². The van der Waals surface area contributed by atoms with E-state index >= 15 is 0 Å². The van der Waals surface area contributed by atoms with Gasteiger partial charge in [0.05, 0.1) is 0 Å². The van der Waals surface area contributed by atoms with Crippen LogP contribution in [0.15, 0.2) is 73.1 Å². The van der Waals surface area contributed by atoms with Crippen LogP contribution in [-0.2, 0) is 0 Å². The summed E-state index contributed by atoms with van der Waals surface area (Å²) < 4.78 is 2.10. The molecule has 2 aromatic carbocycles. The van der Waals surface area contributed by atoms with Gasteiger partial charge < -0.3 is 4.57 Å². The number of nitrogens with zero attached hydrogens (tertiary/aromatic N) is 1. The van der Waals surface area contributed by atoms with Crippen LogP contribution in [0.4, 0.5) is 0 Å². The van der Waals surface area contributed by atoms with E-state index in [9.17, 15) is 0 Å². The lowest BCUT2D eigenvalue weighted by atomic mass is 10.1. The van der Waals surface area contributed by atoms with Crippen LogP contribution < -0.4 is 0 Å². The molecule has 0 N–H and O–H groups in total. The molecule has 0 amide bonds. The molecule has 0 aliphatic heterocycles. The molecule has 3 aromatic rings. The number of rotatable bonds is 2. The highest BCUT2D eigenvalue weighted by atomic mass is 35.5. The maximum absolute atomic E-state index is 5.91.